The van der Waals surface area contributed by atoms with Crippen LogP contribution in [0.3, 0.4) is 0 Å². The number of nitrogens with zero attached hydrogens (tertiary/aromatic N) is 4. The average molecular weight is 541 g/mol. The molecule has 2 amide bonds. The molecule has 1 N–H and O–H groups in total. The van der Waals surface area contributed by atoms with Crippen LogP contribution in [0.4, 0.5) is 4.79 Å². The molecule has 4 rings (SSSR count). The first kappa shape index (κ1) is 32.1. The van der Waals surface area contributed by atoms with Crippen molar-refractivity contribution in [1.82, 2.24) is 20.0 Å². The first-order valence-electron chi connectivity index (χ1n) is 14.5. The van der Waals surface area contributed by atoms with Gasteiger partial charge in [-0.3, -0.25) is 10.00 Å². The first-order chi connectivity index (χ1) is 18.6. The number of nitrogens with one attached hydrogen (secondary N) is 1. The van der Waals surface area contributed by atoms with Gasteiger partial charge in [0.25, 0.3) is 0 Å². The van der Waals surface area contributed by atoms with Crippen LogP contribution in [0.5, 0.6) is 0 Å². The van der Waals surface area contributed by atoms with Gasteiger partial charge in [0, 0.05) is 42.3 Å². The monoisotopic (exact) mass is 540 g/mol. The number of aromatic amines is 1. The van der Waals surface area contributed by atoms with E-state index in [0.29, 0.717) is 30.9 Å². The van der Waals surface area contributed by atoms with E-state index in [1.165, 1.54) is 5.56 Å². The number of benzene rings is 1. The van der Waals surface area contributed by atoms with Crippen LogP contribution < -0.4 is 0 Å². The van der Waals surface area contributed by atoms with E-state index < -0.39 is 11.4 Å². The van der Waals surface area contributed by atoms with Gasteiger partial charge < -0.3 is 14.1 Å². The third-order valence-electron chi connectivity index (χ3n) is 7.01. The number of hydrogen-bond donors (Lipinski definition) is 1. The lowest BCUT2D eigenvalue weighted by atomic mass is 9.84. The van der Waals surface area contributed by atoms with Gasteiger partial charge in [0.1, 0.15) is 12.1 Å². The summed E-state index contributed by atoms with van der Waals surface area (Å²) in [7, 11) is 2.27. The highest BCUT2D eigenvalue weighted by molar-refractivity contribution is 6.16. The Hall–Kier alpha value is -3.13. The van der Waals surface area contributed by atoms with E-state index in [9.17, 15) is 9.59 Å². The number of esters is 1. The minimum Gasteiger partial charge on any atom is -0.459 e. The molecule has 216 valence electrons. The van der Waals surface area contributed by atoms with E-state index in [-0.39, 0.29) is 12.1 Å². The lowest BCUT2D eigenvalue weighted by Gasteiger charge is -2.34. The summed E-state index contributed by atoms with van der Waals surface area (Å²) < 4.78 is 6.41. The Morgan fingerprint density at radius 3 is 2.38 bits per heavy atom. The smallest absolute Gasteiger partial charge is 0.342 e. The van der Waals surface area contributed by atoms with Crippen molar-refractivity contribution in [2.45, 2.75) is 79.9 Å². The van der Waals surface area contributed by atoms with Gasteiger partial charge in [-0.25, -0.2) is 9.59 Å². The zero-order chi connectivity index (χ0) is 29.2. The predicted molar refractivity (Wildman–Crippen MR) is 158 cm³/mol. The molecule has 0 radical (unpaired) electrons. The maximum Gasteiger partial charge on any atom is 0.342 e. The molecular weight excluding hydrogens is 490 g/mol. The van der Waals surface area contributed by atoms with Gasteiger partial charge in [0.05, 0.1) is 44.7 Å². The van der Waals surface area contributed by atoms with Crippen molar-refractivity contribution in [1.29, 1.82) is 0 Å². The number of carbonyl (C=O) groups excluding carboxylic acids is 2. The number of aromatic nitrogens is 2. The Morgan fingerprint density at radius 2 is 1.74 bits per heavy atom. The van der Waals surface area contributed by atoms with Gasteiger partial charge >= 0.3 is 12.0 Å². The number of hydrogen-bond acceptors (Lipinski definition) is 4. The molecule has 8 nitrogen and oxygen atoms in total. The van der Waals surface area contributed by atoms with Crippen molar-refractivity contribution in [2.24, 2.45) is 0 Å². The van der Waals surface area contributed by atoms with Crippen LogP contribution in [-0.4, -0.2) is 82.4 Å². The van der Waals surface area contributed by atoms with Gasteiger partial charge in [-0.1, -0.05) is 71.9 Å². The van der Waals surface area contributed by atoms with Crippen molar-refractivity contribution in [3.05, 3.63) is 59.5 Å². The fourth-order valence-electron chi connectivity index (χ4n) is 5.12. The summed E-state index contributed by atoms with van der Waals surface area (Å²) >= 11 is 0. The highest BCUT2D eigenvalue weighted by Gasteiger charge is 2.38. The Morgan fingerprint density at radius 1 is 1.08 bits per heavy atom. The molecule has 2 aliphatic rings. The van der Waals surface area contributed by atoms with Crippen LogP contribution in [0, 0.1) is 0 Å². The molecule has 0 aliphatic carbocycles. The lowest BCUT2D eigenvalue weighted by molar-refractivity contribution is -0.920. The number of rotatable bonds is 4. The summed E-state index contributed by atoms with van der Waals surface area (Å²) in [5, 5.41) is 7.15. The third-order valence-corrected chi connectivity index (χ3v) is 7.01. The minimum absolute atomic E-state index is 0.0702. The van der Waals surface area contributed by atoms with Crippen LogP contribution >= 0.6 is 0 Å². The first-order valence-corrected chi connectivity index (χ1v) is 14.5. The second-order valence-electron chi connectivity index (χ2n) is 11.0. The van der Waals surface area contributed by atoms with Crippen LogP contribution in [0.1, 0.15) is 78.6 Å². The minimum atomic E-state index is -0.455. The van der Waals surface area contributed by atoms with Gasteiger partial charge in [-0.15, -0.1) is 0 Å². The Kier molecular flexibility index (Phi) is 11.8. The molecule has 3 heterocycles. The van der Waals surface area contributed by atoms with Crippen LogP contribution in [0.15, 0.2) is 42.7 Å². The van der Waals surface area contributed by atoms with Crippen molar-refractivity contribution in [3.63, 3.8) is 0 Å². The standard InChI is InChI=1S/C27H38N5O3.2C2H6/c1-20(2)35-25(33)22-17-31(19-27(3,4)23-16-28-29-24(22)23)26(34)30-12-9-14-32(5,15-13-30)18-21-10-7-6-8-11-21;2*1-2/h6-8,10-11,16-17,20H,9,12-15,18-19H2,1-5H3,(H,28,29);2*1-2H3/q+1;;. The lowest BCUT2D eigenvalue weighted by Crippen LogP contribution is -2.48. The molecule has 1 unspecified atom stereocenters. The van der Waals surface area contributed by atoms with E-state index in [1.807, 2.05) is 52.5 Å². The number of fused-ring (bicyclic) bond motifs is 1. The Bertz CT molecular complexity index is 1090. The zero-order valence-corrected chi connectivity index (χ0v) is 25.6. The summed E-state index contributed by atoms with van der Waals surface area (Å²) in [6.07, 6.45) is 4.07. The van der Waals surface area contributed by atoms with Crippen molar-refractivity contribution in [3.8, 4) is 0 Å². The second-order valence-corrected chi connectivity index (χ2v) is 11.0. The van der Waals surface area contributed by atoms with Gasteiger partial charge in [-0.2, -0.15) is 5.10 Å². The summed E-state index contributed by atoms with van der Waals surface area (Å²) in [5.74, 6) is -0.455. The van der Waals surface area contributed by atoms with Crippen LogP contribution in [0.25, 0.3) is 5.57 Å². The number of carbonyl (C=O) groups is 2. The molecule has 1 fully saturated rings. The van der Waals surface area contributed by atoms with Crippen LogP contribution in [0.2, 0.25) is 0 Å². The van der Waals surface area contributed by atoms with E-state index in [4.69, 9.17) is 4.74 Å². The number of quaternary nitrogens is 1. The highest BCUT2D eigenvalue weighted by Crippen LogP contribution is 2.35. The molecule has 1 aromatic carbocycles. The van der Waals surface area contributed by atoms with E-state index in [2.05, 4.69) is 55.4 Å². The summed E-state index contributed by atoms with van der Waals surface area (Å²) in [5.41, 5.74) is 2.79. The van der Waals surface area contributed by atoms with Gasteiger partial charge in [0.2, 0.25) is 0 Å². The van der Waals surface area contributed by atoms with E-state index in [0.717, 1.165) is 36.1 Å². The largest absolute Gasteiger partial charge is 0.459 e. The van der Waals surface area contributed by atoms with E-state index >= 15 is 0 Å². The molecule has 1 aromatic heterocycles. The topological polar surface area (TPSA) is 78.5 Å². The highest BCUT2D eigenvalue weighted by atomic mass is 16.5. The molecule has 0 saturated carbocycles. The van der Waals surface area contributed by atoms with E-state index in [1.54, 1.807) is 17.3 Å². The second kappa shape index (κ2) is 14.3. The summed E-state index contributed by atoms with van der Waals surface area (Å²) in [6, 6.07) is 10.5. The molecule has 8 heteroatoms. The quantitative estimate of drug-likeness (QED) is 0.392. The molecule has 2 aromatic rings. The number of amides is 2. The van der Waals surface area contributed by atoms with Crippen LogP contribution in [-0.2, 0) is 21.5 Å². The molecular formula is C31H50N5O3+. The summed E-state index contributed by atoms with van der Waals surface area (Å²) in [6.45, 7) is 20.4. The summed E-state index contributed by atoms with van der Waals surface area (Å²) in [4.78, 5) is 30.4. The number of ether oxygens (including phenoxy) is 1. The average Bonchev–Trinajstić information content (AvgIpc) is 3.28. The maximum atomic E-state index is 13.8. The normalized spacial score (nSPS) is 20.2. The fourth-order valence-corrected chi connectivity index (χ4v) is 5.12. The zero-order valence-electron chi connectivity index (χ0n) is 25.6. The molecule has 2 aliphatic heterocycles. The molecule has 0 spiro atoms. The van der Waals surface area contributed by atoms with Crippen molar-refractivity contribution >= 4 is 17.6 Å². The predicted octanol–water partition coefficient (Wildman–Crippen LogP) is 5.82. The molecule has 1 saturated heterocycles. The van der Waals surface area contributed by atoms with Crippen molar-refractivity contribution < 1.29 is 18.8 Å². The molecule has 0 bridgehead atoms. The number of H-pyrrole nitrogens is 1. The van der Waals surface area contributed by atoms with Crippen molar-refractivity contribution in [2.75, 3.05) is 39.8 Å². The Balaban J connectivity index is 0.00000127. The third kappa shape index (κ3) is 8.18. The SMILES string of the molecule is CC.CC.CC(C)OC(=O)C1=CN(C(=O)N2CCC[N+](C)(Cc3ccccc3)CC2)CC(C)(C)c2cn[nH]c21. The molecule has 1 atom stereocenters. The number of likely N-dealkylation sites (N-methyl/N-ethyl adjacent to an activating group) is 1. The number of urea groups is 1. The molecule has 39 heavy (non-hydrogen) atoms. The van der Waals surface area contributed by atoms with Gasteiger partial charge in [0.15, 0.2) is 0 Å². The Labute approximate surface area is 235 Å². The fraction of sp³-hybridized carbons (Fsp3) is 0.581. The maximum absolute atomic E-state index is 13.8. The van der Waals surface area contributed by atoms with Gasteiger partial charge in [-0.05, 0) is 13.8 Å².